The molecule has 0 saturated heterocycles. The number of hydrogen-bond donors (Lipinski definition) is 2. The zero-order chi connectivity index (χ0) is 12.4. The standard InChI is InChI=1S/C10H26N2O3Si/c1-10(2)15-16(13-3,14-4)9-5-7-12-8-6-11/h10,12H,5-9,11H2,1-4H3. The van der Waals surface area contributed by atoms with Crippen molar-refractivity contribution >= 4 is 8.80 Å². The third-order valence-corrected chi connectivity index (χ3v) is 5.24. The largest absolute Gasteiger partial charge is 0.500 e. The maximum Gasteiger partial charge on any atom is 0.500 e. The summed E-state index contributed by atoms with van der Waals surface area (Å²) >= 11 is 0. The summed E-state index contributed by atoms with van der Waals surface area (Å²) in [5, 5.41) is 3.24. The first-order valence-electron chi connectivity index (χ1n) is 5.79. The lowest BCUT2D eigenvalue weighted by Gasteiger charge is -2.28. The Morgan fingerprint density at radius 1 is 1.19 bits per heavy atom. The van der Waals surface area contributed by atoms with Gasteiger partial charge in [0.25, 0.3) is 0 Å². The molecule has 0 amide bonds. The molecular weight excluding hydrogens is 224 g/mol. The highest BCUT2D eigenvalue weighted by Gasteiger charge is 2.39. The molecule has 98 valence electrons. The van der Waals surface area contributed by atoms with Gasteiger partial charge in [-0.05, 0) is 26.8 Å². The quantitative estimate of drug-likeness (QED) is 0.439. The minimum atomic E-state index is -2.44. The Bertz CT molecular complexity index is 166. The van der Waals surface area contributed by atoms with E-state index in [1.54, 1.807) is 14.2 Å². The molecule has 0 atom stereocenters. The van der Waals surface area contributed by atoms with Crippen LogP contribution in [0.2, 0.25) is 6.04 Å². The summed E-state index contributed by atoms with van der Waals surface area (Å²) in [4.78, 5) is 0. The molecule has 0 spiro atoms. The van der Waals surface area contributed by atoms with Crippen LogP contribution in [0.4, 0.5) is 0 Å². The zero-order valence-electron chi connectivity index (χ0n) is 10.9. The lowest BCUT2D eigenvalue weighted by Crippen LogP contribution is -2.46. The highest BCUT2D eigenvalue weighted by Crippen LogP contribution is 2.17. The first kappa shape index (κ1) is 16.0. The van der Waals surface area contributed by atoms with Crippen molar-refractivity contribution in [1.82, 2.24) is 5.32 Å². The molecule has 0 aliphatic carbocycles. The maximum absolute atomic E-state index is 5.78. The molecule has 0 aromatic heterocycles. The van der Waals surface area contributed by atoms with Crippen molar-refractivity contribution < 1.29 is 13.3 Å². The highest BCUT2D eigenvalue weighted by molar-refractivity contribution is 6.60. The van der Waals surface area contributed by atoms with Crippen LogP contribution in [-0.4, -0.2) is 48.8 Å². The van der Waals surface area contributed by atoms with Gasteiger partial charge in [-0.2, -0.15) is 0 Å². The highest BCUT2D eigenvalue weighted by atomic mass is 28.4. The molecule has 0 rings (SSSR count). The number of rotatable bonds is 10. The van der Waals surface area contributed by atoms with E-state index < -0.39 is 8.80 Å². The Hall–Kier alpha value is 0.0169. The molecule has 5 nitrogen and oxygen atoms in total. The minimum Gasteiger partial charge on any atom is -0.377 e. The first-order valence-corrected chi connectivity index (χ1v) is 7.72. The van der Waals surface area contributed by atoms with E-state index in [-0.39, 0.29) is 6.10 Å². The number of nitrogens with two attached hydrogens (primary N) is 1. The van der Waals surface area contributed by atoms with Crippen LogP contribution in [0.5, 0.6) is 0 Å². The molecule has 0 aliphatic heterocycles. The van der Waals surface area contributed by atoms with E-state index in [1.165, 1.54) is 0 Å². The van der Waals surface area contributed by atoms with Crippen molar-refractivity contribution in [3.05, 3.63) is 0 Å². The normalized spacial score (nSPS) is 12.4. The van der Waals surface area contributed by atoms with Crippen molar-refractivity contribution in [2.45, 2.75) is 32.4 Å². The van der Waals surface area contributed by atoms with Gasteiger partial charge in [-0.15, -0.1) is 0 Å². The van der Waals surface area contributed by atoms with E-state index >= 15 is 0 Å². The van der Waals surface area contributed by atoms with Gasteiger partial charge in [-0.1, -0.05) is 0 Å². The summed E-state index contributed by atoms with van der Waals surface area (Å²) in [5.41, 5.74) is 5.39. The molecule has 3 N–H and O–H groups in total. The third-order valence-electron chi connectivity index (χ3n) is 2.19. The summed E-state index contributed by atoms with van der Waals surface area (Å²) < 4.78 is 16.7. The predicted octanol–water partition coefficient (Wildman–Crippen LogP) is 0.582. The molecule has 0 aromatic carbocycles. The predicted molar refractivity (Wildman–Crippen MR) is 67.3 cm³/mol. The van der Waals surface area contributed by atoms with Crippen molar-refractivity contribution in [1.29, 1.82) is 0 Å². The molecule has 0 radical (unpaired) electrons. The van der Waals surface area contributed by atoms with E-state index in [1.807, 2.05) is 13.8 Å². The van der Waals surface area contributed by atoms with Crippen molar-refractivity contribution in [2.75, 3.05) is 33.9 Å². The second-order valence-corrected chi connectivity index (χ2v) is 6.82. The Morgan fingerprint density at radius 3 is 2.25 bits per heavy atom. The van der Waals surface area contributed by atoms with Gasteiger partial charge in [0.1, 0.15) is 0 Å². The number of nitrogens with one attached hydrogen (secondary N) is 1. The SMILES string of the molecule is CO[Si](CCCNCCN)(OC)OC(C)C. The van der Waals surface area contributed by atoms with Gasteiger partial charge in [0.05, 0.1) is 0 Å². The summed E-state index contributed by atoms with van der Waals surface area (Å²) in [7, 11) is 0.878. The van der Waals surface area contributed by atoms with E-state index in [4.69, 9.17) is 19.0 Å². The van der Waals surface area contributed by atoms with Crippen LogP contribution >= 0.6 is 0 Å². The van der Waals surface area contributed by atoms with Crippen LogP contribution in [0.3, 0.4) is 0 Å². The second-order valence-electron chi connectivity index (χ2n) is 3.90. The molecule has 16 heavy (non-hydrogen) atoms. The van der Waals surface area contributed by atoms with Crippen LogP contribution < -0.4 is 11.1 Å². The van der Waals surface area contributed by atoms with Gasteiger partial charge >= 0.3 is 8.80 Å². The van der Waals surface area contributed by atoms with Crippen molar-refractivity contribution in [2.24, 2.45) is 5.73 Å². The maximum atomic E-state index is 5.78. The second kappa shape index (κ2) is 9.09. The fourth-order valence-corrected chi connectivity index (χ4v) is 3.67. The van der Waals surface area contributed by atoms with Crippen LogP contribution in [0.25, 0.3) is 0 Å². The van der Waals surface area contributed by atoms with E-state index in [9.17, 15) is 0 Å². The average molecular weight is 250 g/mol. The fourth-order valence-electron chi connectivity index (χ4n) is 1.46. The van der Waals surface area contributed by atoms with Gasteiger partial charge in [0.2, 0.25) is 0 Å². The third kappa shape index (κ3) is 6.57. The topological polar surface area (TPSA) is 65.7 Å². The van der Waals surface area contributed by atoms with Gasteiger partial charge in [0, 0.05) is 39.5 Å². The monoisotopic (exact) mass is 250 g/mol. The molecule has 0 heterocycles. The fraction of sp³-hybridized carbons (Fsp3) is 1.00. The lowest BCUT2D eigenvalue weighted by molar-refractivity contribution is 0.0695. The van der Waals surface area contributed by atoms with Gasteiger partial charge in [0.15, 0.2) is 0 Å². The van der Waals surface area contributed by atoms with Crippen LogP contribution in [-0.2, 0) is 13.3 Å². The van der Waals surface area contributed by atoms with E-state index in [0.29, 0.717) is 6.54 Å². The molecular formula is C10H26N2O3Si. The summed E-state index contributed by atoms with van der Waals surface area (Å²) in [6.07, 6.45) is 1.10. The van der Waals surface area contributed by atoms with Gasteiger partial charge in [-0.3, -0.25) is 0 Å². The average Bonchev–Trinajstić information content (AvgIpc) is 2.26. The molecule has 0 unspecified atom stereocenters. The molecule has 0 aromatic rings. The van der Waals surface area contributed by atoms with E-state index in [2.05, 4.69) is 5.32 Å². The van der Waals surface area contributed by atoms with Crippen LogP contribution in [0, 0.1) is 0 Å². The Balaban J connectivity index is 3.92. The van der Waals surface area contributed by atoms with Gasteiger partial charge < -0.3 is 24.3 Å². The first-order chi connectivity index (χ1) is 7.60. The summed E-state index contributed by atoms with van der Waals surface area (Å²) in [6, 6.07) is 0.829. The summed E-state index contributed by atoms with van der Waals surface area (Å²) in [6.45, 7) is 6.41. The Morgan fingerprint density at radius 2 is 1.81 bits per heavy atom. The van der Waals surface area contributed by atoms with Gasteiger partial charge in [-0.25, -0.2) is 0 Å². The molecule has 0 fully saturated rings. The molecule has 0 saturated carbocycles. The minimum absolute atomic E-state index is 0.128. The smallest absolute Gasteiger partial charge is 0.377 e. The van der Waals surface area contributed by atoms with Crippen molar-refractivity contribution in [3.8, 4) is 0 Å². The number of hydrogen-bond acceptors (Lipinski definition) is 5. The Kier molecular flexibility index (Phi) is 9.10. The molecule has 0 aliphatic rings. The molecule has 0 bridgehead atoms. The molecule has 6 heteroatoms. The van der Waals surface area contributed by atoms with Crippen LogP contribution in [0.15, 0.2) is 0 Å². The van der Waals surface area contributed by atoms with E-state index in [0.717, 1.165) is 25.6 Å². The zero-order valence-corrected chi connectivity index (χ0v) is 11.9. The summed E-state index contributed by atoms with van der Waals surface area (Å²) in [5.74, 6) is 0. The van der Waals surface area contributed by atoms with Crippen molar-refractivity contribution in [3.63, 3.8) is 0 Å². The van der Waals surface area contributed by atoms with Crippen LogP contribution in [0.1, 0.15) is 20.3 Å². The lowest BCUT2D eigenvalue weighted by atomic mass is 10.5. The Labute approximate surface area is 100 Å².